The van der Waals surface area contributed by atoms with Gasteiger partial charge in [-0.15, -0.1) is 0 Å². The van der Waals surface area contributed by atoms with Crippen LogP contribution in [0.3, 0.4) is 0 Å². The summed E-state index contributed by atoms with van der Waals surface area (Å²) in [4.78, 5) is 0. The van der Waals surface area contributed by atoms with Gasteiger partial charge in [0.1, 0.15) is 11.3 Å². The lowest BCUT2D eigenvalue weighted by atomic mass is 10.0. The van der Waals surface area contributed by atoms with Gasteiger partial charge in [-0.1, -0.05) is 48.5 Å². The number of rotatable bonds is 0. The molecule has 1 heteroatoms. The maximum atomic E-state index is 5.91. The maximum Gasteiger partial charge on any atom is 0.135 e. The Kier molecular flexibility index (Phi) is 1.95. The first-order valence-electron chi connectivity index (χ1n) is 6.18. The fourth-order valence-electron chi connectivity index (χ4n) is 2.65. The Hall–Kier alpha value is -2.28. The Bertz CT molecular complexity index is 762. The van der Waals surface area contributed by atoms with E-state index in [0.29, 0.717) is 0 Å². The molecule has 0 fully saturated rings. The zero-order valence-corrected chi connectivity index (χ0v) is 9.89. The zero-order valence-electron chi connectivity index (χ0n) is 9.89. The fourth-order valence-corrected chi connectivity index (χ4v) is 2.65. The lowest BCUT2D eigenvalue weighted by Gasteiger charge is -2.02. The molecule has 0 saturated heterocycles. The van der Waals surface area contributed by atoms with Gasteiger partial charge in [0.2, 0.25) is 0 Å². The average molecular weight is 232 g/mol. The highest BCUT2D eigenvalue weighted by atomic mass is 16.3. The summed E-state index contributed by atoms with van der Waals surface area (Å²) in [6.45, 7) is 0. The van der Waals surface area contributed by atoms with Crippen LogP contribution in [-0.4, -0.2) is 0 Å². The summed E-state index contributed by atoms with van der Waals surface area (Å²) < 4.78 is 5.91. The molecule has 1 heterocycles. The van der Waals surface area contributed by atoms with Crippen molar-refractivity contribution >= 4 is 23.1 Å². The van der Waals surface area contributed by atoms with Gasteiger partial charge in [-0.25, -0.2) is 0 Å². The van der Waals surface area contributed by atoms with Crippen molar-refractivity contribution in [2.75, 3.05) is 0 Å². The van der Waals surface area contributed by atoms with E-state index in [9.17, 15) is 0 Å². The number of hydrogen-bond acceptors (Lipinski definition) is 1. The van der Waals surface area contributed by atoms with Crippen molar-refractivity contribution in [3.05, 3.63) is 71.0 Å². The highest BCUT2D eigenvalue weighted by Crippen LogP contribution is 2.32. The summed E-state index contributed by atoms with van der Waals surface area (Å²) in [6.07, 6.45) is 5.17. The van der Waals surface area contributed by atoms with Crippen LogP contribution in [0.25, 0.3) is 23.1 Å². The first-order chi connectivity index (χ1) is 8.92. The first kappa shape index (κ1) is 9.72. The summed E-state index contributed by atoms with van der Waals surface area (Å²) in [6, 6.07) is 16.8. The summed E-state index contributed by atoms with van der Waals surface area (Å²) >= 11 is 0. The second-order valence-corrected chi connectivity index (χ2v) is 4.65. The summed E-state index contributed by atoms with van der Waals surface area (Å²) in [5.41, 5.74) is 4.92. The molecule has 1 nitrogen and oxygen atoms in total. The Labute approximate surface area is 105 Å². The van der Waals surface area contributed by atoms with Crippen LogP contribution in [-0.2, 0) is 6.42 Å². The molecule has 1 aromatic heterocycles. The van der Waals surface area contributed by atoms with E-state index < -0.39 is 0 Å². The minimum atomic E-state index is 0.940. The highest BCUT2D eigenvalue weighted by molar-refractivity contribution is 5.88. The van der Waals surface area contributed by atoms with E-state index >= 15 is 0 Å². The van der Waals surface area contributed by atoms with E-state index in [1.807, 2.05) is 12.1 Å². The van der Waals surface area contributed by atoms with Gasteiger partial charge in [0.25, 0.3) is 0 Å². The number of hydrogen-bond donors (Lipinski definition) is 0. The molecule has 18 heavy (non-hydrogen) atoms. The smallest absolute Gasteiger partial charge is 0.135 e. The van der Waals surface area contributed by atoms with E-state index in [2.05, 4.69) is 48.6 Å². The van der Waals surface area contributed by atoms with Crippen molar-refractivity contribution in [2.45, 2.75) is 6.42 Å². The molecule has 0 amide bonds. The van der Waals surface area contributed by atoms with Gasteiger partial charge in [-0.05, 0) is 23.3 Å². The Balaban J connectivity index is 2.01. The predicted molar refractivity (Wildman–Crippen MR) is 74.4 cm³/mol. The minimum Gasteiger partial charge on any atom is -0.456 e. The lowest BCUT2D eigenvalue weighted by molar-refractivity contribution is 0.600. The molecular weight excluding hydrogens is 220 g/mol. The topological polar surface area (TPSA) is 13.1 Å². The number of para-hydroxylation sites is 1. The van der Waals surface area contributed by atoms with E-state index in [-0.39, 0.29) is 0 Å². The van der Waals surface area contributed by atoms with Crippen molar-refractivity contribution in [2.24, 2.45) is 0 Å². The van der Waals surface area contributed by atoms with Crippen LogP contribution in [0.4, 0.5) is 0 Å². The van der Waals surface area contributed by atoms with E-state index in [1.165, 1.54) is 22.1 Å². The molecule has 0 saturated carbocycles. The molecule has 0 radical (unpaired) electrons. The molecule has 2 aromatic carbocycles. The van der Waals surface area contributed by atoms with Gasteiger partial charge in [-0.2, -0.15) is 0 Å². The Morgan fingerprint density at radius 3 is 2.67 bits per heavy atom. The summed E-state index contributed by atoms with van der Waals surface area (Å²) in [7, 11) is 0. The van der Waals surface area contributed by atoms with Gasteiger partial charge < -0.3 is 4.42 Å². The SMILES string of the molecule is C1=Cc2oc3ccccc3c2Cc2ccccc21. The predicted octanol–water partition coefficient (Wildman–Crippen LogP) is 4.51. The largest absolute Gasteiger partial charge is 0.456 e. The van der Waals surface area contributed by atoms with Crippen LogP contribution in [0.15, 0.2) is 52.9 Å². The second-order valence-electron chi connectivity index (χ2n) is 4.65. The molecule has 1 aliphatic rings. The molecule has 4 rings (SSSR count). The van der Waals surface area contributed by atoms with Crippen LogP contribution in [0.1, 0.15) is 22.5 Å². The first-order valence-corrected chi connectivity index (χ1v) is 6.18. The minimum absolute atomic E-state index is 0.940. The molecule has 0 unspecified atom stereocenters. The standard InChI is InChI=1S/C17H12O/c1-2-6-13-11-15-14-7-3-4-8-16(14)18-17(15)10-9-12(13)5-1/h1-10H,11H2. The molecule has 1 aliphatic carbocycles. The molecule has 0 spiro atoms. The zero-order chi connectivity index (χ0) is 11.9. The van der Waals surface area contributed by atoms with E-state index in [1.54, 1.807) is 0 Å². The monoisotopic (exact) mass is 232 g/mol. The summed E-state index contributed by atoms with van der Waals surface area (Å²) in [5.74, 6) is 0.993. The van der Waals surface area contributed by atoms with Crippen LogP contribution in [0, 0.1) is 0 Å². The van der Waals surface area contributed by atoms with E-state index in [4.69, 9.17) is 4.42 Å². The van der Waals surface area contributed by atoms with Crippen molar-refractivity contribution in [3.63, 3.8) is 0 Å². The fraction of sp³-hybridized carbons (Fsp3) is 0.0588. The van der Waals surface area contributed by atoms with Crippen molar-refractivity contribution in [1.29, 1.82) is 0 Å². The van der Waals surface area contributed by atoms with E-state index in [0.717, 1.165) is 17.8 Å². The van der Waals surface area contributed by atoms with Crippen LogP contribution < -0.4 is 0 Å². The maximum absolute atomic E-state index is 5.91. The third-order valence-electron chi connectivity index (χ3n) is 3.57. The molecule has 0 N–H and O–H groups in total. The second kappa shape index (κ2) is 3.61. The third-order valence-corrected chi connectivity index (χ3v) is 3.57. The molecule has 0 aliphatic heterocycles. The van der Waals surface area contributed by atoms with Gasteiger partial charge in [0.15, 0.2) is 0 Å². The van der Waals surface area contributed by atoms with Gasteiger partial charge in [-0.3, -0.25) is 0 Å². The lowest BCUT2D eigenvalue weighted by Crippen LogP contribution is -1.89. The van der Waals surface area contributed by atoms with Crippen molar-refractivity contribution < 1.29 is 4.42 Å². The Morgan fingerprint density at radius 2 is 1.67 bits per heavy atom. The molecule has 0 atom stereocenters. The molecule has 0 bridgehead atoms. The van der Waals surface area contributed by atoms with Gasteiger partial charge in [0, 0.05) is 17.4 Å². The number of furan rings is 1. The molecule has 86 valence electrons. The van der Waals surface area contributed by atoms with Crippen LogP contribution in [0.2, 0.25) is 0 Å². The third kappa shape index (κ3) is 1.34. The highest BCUT2D eigenvalue weighted by Gasteiger charge is 2.15. The van der Waals surface area contributed by atoms with Gasteiger partial charge >= 0.3 is 0 Å². The molecular formula is C17H12O. The number of fused-ring (bicyclic) bond motifs is 4. The average Bonchev–Trinajstić information content (AvgIpc) is 2.65. The van der Waals surface area contributed by atoms with Crippen molar-refractivity contribution in [1.82, 2.24) is 0 Å². The quantitative estimate of drug-likeness (QED) is 0.435. The Morgan fingerprint density at radius 1 is 0.833 bits per heavy atom. The van der Waals surface area contributed by atoms with Crippen LogP contribution >= 0.6 is 0 Å². The molecule has 3 aromatic rings. The number of benzene rings is 2. The van der Waals surface area contributed by atoms with Gasteiger partial charge in [0.05, 0.1) is 0 Å². The normalized spacial score (nSPS) is 13.1. The van der Waals surface area contributed by atoms with Crippen molar-refractivity contribution in [3.8, 4) is 0 Å². The van der Waals surface area contributed by atoms with Crippen LogP contribution in [0.5, 0.6) is 0 Å². The summed E-state index contributed by atoms with van der Waals surface area (Å²) in [5, 5.41) is 1.23.